The summed E-state index contributed by atoms with van der Waals surface area (Å²) in [4.78, 5) is 17.2. The van der Waals surface area contributed by atoms with Gasteiger partial charge in [-0.2, -0.15) is 0 Å². The summed E-state index contributed by atoms with van der Waals surface area (Å²) >= 11 is 7.12. The van der Waals surface area contributed by atoms with Gasteiger partial charge < -0.3 is 9.64 Å². The lowest BCUT2D eigenvalue weighted by Gasteiger charge is -2.31. The van der Waals surface area contributed by atoms with E-state index in [0.717, 1.165) is 29.2 Å². The molecule has 2 heterocycles. The lowest BCUT2D eigenvalue weighted by Crippen LogP contribution is -2.39. The van der Waals surface area contributed by atoms with E-state index in [1.165, 1.54) is 5.56 Å². The van der Waals surface area contributed by atoms with Crippen molar-refractivity contribution in [3.63, 3.8) is 0 Å². The van der Waals surface area contributed by atoms with E-state index < -0.39 is 0 Å². The zero-order chi connectivity index (χ0) is 15.5. The Morgan fingerprint density at radius 3 is 2.82 bits per heavy atom. The van der Waals surface area contributed by atoms with Gasteiger partial charge in [0.25, 0.3) is 0 Å². The summed E-state index contributed by atoms with van der Waals surface area (Å²) in [6.07, 6.45) is 3.50. The van der Waals surface area contributed by atoms with E-state index in [4.69, 9.17) is 16.3 Å². The SMILES string of the molecule is Cc1ccc(OC2CCN(C(=O)Cl)CC2)c(-c2nccs2)c1. The van der Waals surface area contributed by atoms with Crippen LogP contribution >= 0.6 is 22.9 Å². The molecule has 0 aliphatic carbocycles. The molecule has 116 valence electrons. The Bertz CT molecular complexity index is 652. The number of thiazole rings is 1. The van der Waals surface area contributed by atoms with Crippen LogP contribution in [0.25, 0.3) is 10.6 Å². The van der Waals surface area contributed by atoms with Crippen molar-refractivity contribution in [2.45, 2.75) is 25.9 Å². The van der Waals surface area contributed by atoms with Crippen molar-refractivity contribution in [1.82, 2.24) is 9.88 Å². The minimum atomic E-state index is -0.378. The van der Waals surface area contributed by atoms with Crippen LogP contribution in [-0.4, -0.2) is 34.4 Å². The fourth-order valence-electron chi connectivity index (χ4n) is 2.60. The molecule has 0 atom stereocenters. The Labute approximate surface area is 138 Å². The average molecular weight is 337 g/mol. The molecule has 1 aliphatic heterocycles. The minimum absolute atomic E-state index is 0.105. The molecule has 1 saturated heterocycles. The largest absolute Gasteiger partial charge is 0.490 e. The zero-order valence-electron chi connectivity index (χ0n) is 12.3. The van der Waals surface area contributed by atoms with Gasteiger partial charge in [-0.25, -0.2) is 4.98 Å². The quantitative estimate of drug-likeness (QED) is 0.619. The summed E-state index contributed by atoms with van der Waals surface area (Å²) in [5.74, 6) is 0.858. The Hall–Kier alpha value is -1.59. The van der Waals surface area contributed by atoms with E-state index >= 15 is 0 Å². The number of carbonyl (C=O) groups is 1. The molecule has 0 spiro atoms. The summed E-state index contributed by atoms with van der Waals surface area (Å²) in [7, 11) is 0. The molecule has 1 aromatic heterocycles. The van der Waals surface area contributed by atoms with Gasteiger partial charge in [0.1, 0.15) is 16.9 Å². The lowest BCUT2D eigenvalue weighted by molar-refractivity contribution is 0.119. The smallest absolute Gasteiger partial charge is 0.316 e. The van der Waals surface area contributed by atoms with Crippen molar-refractivity contribution < 1.29 is 9.53 Å². The van der Waals surface area contributed by atoms with Gasteiger partial charge in [-0.15, -0.1) is 11.3 Å². The number of aromatic nitrogens is 1. The van der Waals surface area contributed by atoms with Crippen molar-refractivity contribution in [3.05, 3.63) is 35.3 Å². The van der Waals surface area contributed by atoms with Crippen molar-refractivity contribution in [1.29, 1.82) is 0 Å². The first kappa shape index (κ1) is 15.3. The predicted octanol–water partition coefficient (Wildman–Crippen LogP) is 4.32. The minimum Gasteiger partial charge on any atom is -0.490 e. The second kappa shape index (κ2) is 6.67. The van der Waals surface area contributed by atoms with Crippen molar-refractivity contribution in [2.75, 3.05) is 13.1 Å². The Morgan fingerprint density at radius 2 is 2.18 bits per heavy atom. The highest BCUT2D eigenvalue weighted by Gasteiger charge is 2.24. The number of aryl methyl sites for hydroxylation is 1. The molecule has 4 nitrogen and oxygen atoms in total. The van der Waals surface area contributed by atoms with Gasteiger partial charge in [0.15, 0.2) is 0 Å². The van der Waals surface area contributed by atoms with Gasteiger partial charge in [0.2, 0.25) is 0 Å². The molecule has 6 heteroatoms. The zero-order valence-corrected chi connectivity index (χ0v) is 13.9. The van der Waals surface area contributed by atoms with Gasteiger partial charge in [-0.3, -0.25) is 4.79 Å². The number of piperidine rings is 1. The van der Waals surface area contributed by atoms with Gasteiger partial charge in [-0.05, 0) is 30.7 Å². The Kier molecular flexibility index (Phi) is 4.64. The van der Waals surface area contributed by atoms with Crippen LogP contribution in [0.15, 0.2) is 29.8 Å². The van der Waals surface area contributed by atoms with Crippen LogP contribution in [0.2, 0.25) is 0 Å². The molecule has 1 fully saturated rings. The first-order valence-corrected chi connectivity index (χ1v) is 8.51. The van der Waals surface area contributed by atoms with E-state index in [1.54, 1.807) is 22.4 Å². The number of likely N-dealkylation sites (tertiary alicyclic amines) is 1. The summed E-state index contributed by atoms with van der Waals surface area (Å²) in [5.41, 5.74) is 2.21. The number of halogens is 1. The molecule has 1 aromatic carbocycles. The van der Waals surface area contributed by atoms with Gasteiger partial charge in [0, 0.05) is 37.5 Å². The van der Waals surface area contributed by atoms with Gasteiger partial charge >= 0.3 is 5.37 Å². The second-order valence-corrected chi connectivity index (χ2v) is 6.61. The maximum absolute atomic E-state index is 11.2. The summed E-state index contributed by atoms with van der Waals surface area (Å²) in [6.45, 7) is 3.35. The number of nitrogens with zero attached hydrogens (tertiary/aromatic N) is 2. The number of benzene rings is 1. The molecule has 0 N–H and O–H groups in total. The molecule has 1 amide bonds. The third-order valence-corrected chi connectivity index (χ3v) is 4.83. The molecular weight excluding hydrogens is 320 g/mol. The fraction of sp³-hybridized carbons (Fsp3) is 0.375. The van der Waals surface area contributed by atoms with Crippen LogP contribution in [0, 0.1) is 6.92 Å². The molecule has 22 heavy (non-hydrogen) atoms. The maximum Gasteiger partial charge on any atom is 0.316 e. The Morgan fingerprint density at radius 1 is 1.41 bits per heavy atom. The highest BCUT2D eigenvalue weighted by atomic mass is 35.5. The number of amides is 1. The number of hydrogen-bond donors (Lipinski definition) is 0. The van der Waals surface area contributed by atoms with E-state index in [1.807, 2.05) is 17.5 Å². The molecule has 0 saturated carbocycles. The highest BCUT2D eigenvalue weighted by molar-refractivity contribution is 7.13. The summed E-state index contributed by atoms with van der Waals surface area (Å²) < 4.78 is 6.18. The number of ether oxygens (including phenoxy) is 1. The number of carbonyl (C=O) groups excluding carboxylic acids is 1. The summed E-state index contributed by atoms with van der Waals surface area (Å²) in [6, 6.07) is 6.15. The van der Waals surface area contributed by atoms with Crippen molar-refractivity contribution in [3.8, 4) is 16.3 Å². The molecular formula is C16H17ClN2O2S. The van der Waals surface area contributed by atoms with Crippen molar-refractivity contribution >= 4 is 28.3 Å². The van der Waals surface area contributed by atoms with Crippen LogP contribution in [0.1, 0.15) is 18.4 Å². The van der Waals surface area contributed by atoms with E-state index in [0.29, 0.717) is 13.1 Å². The van der Waals surface area contributed by atoms with Gasteiger partial charge in [0.05, 0.1) is 5.56 Å². The number of rotatable bonds is 3. The standard InChI is InChI=1S/C16H17ClN2O2S/c1-11-2-3-14(13(10-11)15-18-6-9-22-15)21-12-4-7-19(8-5-12)16(17)20/h2-3,6,9-10,12H,4-5,7-8H2,1H3. The molecule has 0 radical (unpaired) electrons. The average Bonchev–Trinajstić information content (AvgIpc) is 3.04. The summed E-state index contributed by atoms with van der Waals surface area (Å²) in [5, 5.41) is 2.55. The van der Waals surface area contributed by atoms with Crippen LogP contribution in [0.3, 0.4) is 0 Å². The molecule has 1 aliphatic rings. The van der Waals surface area contributed by atoms with E-state index in [2.05, 4.69) is 18.0 Å². The monoisotopic (exact) mass is 336 g/mol. The Balaban J connectivity index is 1.75. The highest BCUT2D eigenvalue weighted by Crippen LogP contribution is 2.34. The van der Waals surface area contributed by atoms with Crippen LogP contribution in [0.5, 0.6) is 5.75 Å². The topological polar surface area (TPSA) is 42.4 Å². The molecule has 3 rings (SSSR count). The second-order valence-electron chi connectivity index (χ2n) is 5.39. The maximum atomic E-state index is 11.2. The van der Waals surface area contributed by atoms with Crippen molar-refractivity contribution in [2.24, 2.45) is 0 Å². The predicted molar refractivity (Wildman–Crippen MR) is 88.8 cm³/mol. The first-order valence-electron chi connectivity index (χ1n) is 7.25. The third kappa shape index (κ3) is 3.42. The molecule has 0 unspecified atom stereocenters. The third-order valence-electron chi connectivity index (χ3n) is 3.78. The lowest BCUT2D eigenvalue weighted by atomic mass is 10.1. The first-order chi connectivity index (χ1) is 10.6. The van der Waals surface area contributed by atoms with E-state index in [-0.39, 0.29) is 11.5 Å². The number of hydrogen-bond acceptors (Lipinski definition) is 4. The van der Waals surface area contributed by atoms with Crippen LogP contribution in [-0.2, 0) is 0 Å². The molecule has 0 bridgehead atoms. The van der Waals surface area contributed by atoms with Crippen LogP contribution in [0.4, 0.5) is 4.79 Å². The van der Waals surface area contributed by atoms with Crippen LogP contribution < -0.4 is 4.74 Å². The fourth-order valence-corrected chi connectivity index (χ4v) is 3.43. The molecule has 2 aromatic rings. The normalized spacial score (nSPS) is 15.8. The van der Waals surface area contributed by atoms with E-state index in [9.17, 15) is 4.79 Å². The van der Waals surface area contributed by atoms with Gasteiger partial charge in [-0.1, -0.05) is 11.6 Å².